The van der Waals surface area contributed by atoms with Gasteiger partial charge < -0.3 is 26.0 Å². The van der Waals surface area contributed by atoms with Crippen LogP contribution in [0.4, 0.5) is 5.69 Å². The first-order chi connectivity index (χ1) is 13.8. The zero-order valence-electron chi connectivity index (χ0n) is 17.5. The Bertz CT molecular complexity index is 803. The fourth-order valence-corrected chi connectivity index (χ4v) is 3.46. The lowest BCUT2D eigenvalue weighted by molar-refractivity contribution is -0.116. The van der Waals surface area contributed by atoms with Crippen LogP contribution in [-0.2, 0) is 16.9 Å². The normalized spacial score (nSPS) is 13.8. The van der Waals surface area contributed by atoms with E-state index in [0.29, 0.717) is 32.1 Å². The summed E-state index contributed by atoms with van der Waals surface area (Å²) in [6.07, 6.45) is 0. The fraction of sp³-hybridized carbons (Fsp3) is 0.429. The van der Waals surface area contributed by atoms with Crippen molar-refractivity contribution in [1.29, 1.82) is 0 Å². The molecule has 1 aromatic carbocycles. The van der Waals surface area contributed by atoms with Gasteiger partial charge in [0.05, 0.1) is 19.6 Å². The number of aliphatic imine (C=N–C) groups is 1. The van der Waals surface area contributed by atoms with Crippen molar-refractivity contribution < 1.29 is 9.90 Å². The molecule has 0 radical (unpaired) electrons. The molecule has 0 aliphatic rings. The number of aliphatic hydroxyl groups is 1. The van der Waals surface area contributed by atoms with Crippen LogP contribution < -0.4 is 16.0 Å². The summed E-state index contributed by atoms with van der Waals surface area (Å²) in [7, 11) is 3.71. The number of nitrogens with zero attached hydrogens (tertiary/aromatic N) is 2. The molecule has 158 valence electrons. The second-order valence-electron chi connectivity index (χ2n) is 7.32. The highest BCUT2D eigenvalue weighted by atomic mass is 32.1. The first-order valence-corrected chi connectivity index (χ1v) is 10.5. The van der Waals surface area contributed by atoms with Crippen molar-refractivity contribution in [2.45, 2.75) is 26.0 Å². The number of carbonyl (C=O) groups is 1. The molecule has 2 rings (SSSR count). The molecule has 1 heterocycles. The predicted molar refractivity (Wildman–Crippen MR) is 120 cm³/mol. The van der Waals surface area contributed by atoms with Crippen molar-refractivity contribution in [2.24, 2.45) is 4.99 Å². The van der Waals surface area contributed by atoms with Crippen LogP contribution in [-0.4, -0.2) is 55.6 Å². The highest BCUT2D eigenvalue weighted by Crippen LogP contribution is 2.22. The van der Waals surface area contributed by atoms with Gasteiger partial charge in [-0.2, -0.15) is 11.3 Å². The Hall–Kier alpha value is -2.42. The largest absolute Gasteiger partial charge is 0.384 e. The van der Waals surface area contributed by atoms with E-state index >= 15 is 0 Å². The molecule has 29 heavy (non-hydrogen) atoms. The summed E-state index contributed by atoms with van der Waals surface area (Å²) in [5.74, 6) is 0.575. The number of hydrogen-bond donors (Lipinski definition) is 4. The highest BCUT2D eigenvalue weighted by Gasteiger charge is 2.23. The number of benzene rings is 1. The molecule has 1 unspecified atom stereocenters. The van der Waals surface area contributed by atoms with Gasteiger partial charge in [-0.25, -0.2) is 4.99 Å². The van der Waals surface area contributed by atoms with Crippen molar-refractivity contribution >= 4 is 28.9 Å². The number of nitrogens with one attached hydrogen (secondary N) is 3. The Morgan fingerprint density at radius 2 is 2.07 bits per heavy atom. The molecule has 1 atom stereocenters. The van der Waals surface area contributed by atoms with Crippen LogP contribution in [0, 0.1) is 0 Å². The van der Waals surface area contributed by atoms with Crippen LogP contribution in [0.15, 0.2) is 46.1 Å². The SMILES string of the molecule is CCNC(=NCc1cccc(NC(=O)CN(C)C)c1)NCC(C)(O)c1ccsc1. The van der Waals surface area contributed by atoms with E-state index in [9.17, 15) is 9.90 Å². The molecule has 7 nitrogen and oxygen atoms in total. The van der Waals surface area contributed by atoms with E-state index in [0.717, 1.165) is 16.8 Å². The third-order valence-electron chi connectivity index (χ3n) is 4.18. The second-order valence-corrected chi connectivity index (χ2v) is 8.10. The van der Waals surface area contributed by atoms with Gasteiger partial charge in [-0.1, -0.05) is 12.1 Å². The summed E-state index contributed by atoms with van der Waals surface area (Å²) in [5, 5.41) is 23.9. The van der Waals surface area contributed by atoms with E-state index < -0.39 is 5.60 Å². The summed E-state index contributed by atoms with van der Waals surface area (Å²) in [4.78, 5) is 18.4. The quantitative estimate of drug-likeness (QED) is 0.371. The third-order valence-corrected chi connectivity index (χ3v) is 4.86. The van der Waals surface area contributed by atoms with Crippen LogP contribution in [0.1, 0.15) is 25.0 Å². The summed E-state index contributed by atoms with van der Waals surface area (Å²) in [6, 6.07) is 9.57. The highest BCUT2D eigenvalue weighted by molar-refractivity contribution is 7.08. The molecular formula is C21H31N5O2S. The van der Waals surface area contributed by atoms with Gasteiger partial charge in [0.1, 0.15) is 5.60 Å². The summed E-state index contributed by atoms with van der Waals surface area (Å²) in [6.45, 7) is 5.62. The van der Waals surface area contributed by atoms with Gasteiger partial charge in [-0.15, -0.1) is 0 Å². The van der Waals surface area contributed by atoms with Crippen LogP contribution in [0.5, 0.6) is 0 Å². The van der Waals surface area contributed by atoms with E-state index in [2.05, 4.69) is 20.9 Å². The average Bonchev–Trinajstić information content (AvgIpc) is 3.19. The maximum atomic E-state index is 11.9. The number of carbonyl (C=O) groups excluding carboxylic acids is 1. The molecule has 8 heteroatoms. The number of likely N-dealkylation sites (N-methyl/N-ethyl adjacent to an activating group) is 1. The van der Waals surface area contributed by atoms with Gasteiger partial charge in [-0.3, -0.25) is 4.79 Å². The van der Waals surface area contributed by atoms with Gasteiger partial charge in [0.15, 0.2) is 5.96 Å². The molecule has 1 amide bonds. The molecule has 1 aromatic heterocycles. The number of guanidine groups is 1. The van der Waals surface area contributed by atoms with Gasteiger partial charge >= 0.3 is 0 Å². The van der Waals surface area contributed by atoms with E-state index in [-0.39, 0.29) is 5.91 Å². The van der Waals surface area contributed by atoms with Crippen molar-refractivity contribution in [3.63, 3.8) is 0 Å². The molecular weight excluding hydrogens is 386 g/mol. The van der Waals surface area contributed by atoms with Gasteiger partial charge in [-0.05, 0) is 68.0 Å². The van der Waals surface area contributed by atoms with E-state index in [4.69, 9.17) is 0 Å². The predicted octanol–water partition coefficient (Wildman–Crippen LogP) is 2.21. The van der Waals surface area contributed by atoms with Crippen molar-refractivity contribution in [3.05, 3.63) is 52.2 Å². The molecule has 4 N–H and O–H groups in total. The molecule has 0 spiro atoms. The lowest BCUT2D eigenvalue weighted by Crippen LogP contribution is -2.44. The van der Waals surface area contributed by atoms with E-state index in [1.54, 1.807) is 18.3 Å². The van der Waals surface area contributed by atoms with Gasteiger partial charge in [0.25, 0.3) is 0 Å². The lowest BCUT2D eigenvalue weighted by atomic mass is 9.99. The smallest absolute Gasteiger partial charge is 0.238 e. The standard InChI is InChI=1S/C21H31N5O2S/c1-5-22-20(24-15-21(2,28)17-9-10-29-14-17)23-12-16-7-6-8-18(11-16)25-19(27)13-26(3)4/h6-11,14,28H,5,12-13,15H2,1-4H3,(H,25,27)(H2,22,23,24). The summed E-state index contributed by atoms with van der Waals surface area (Å²) in [5.41, 5.74) is 1.64. The zero-order valence-corrected chi connectivity index (χ0v) is 18.3. The minimum Gasteiger partial charge on any atom is -0.384 e. The van der Waals surface area contributed by atoms with Gasteiger partial charge in [0, 0.05) is 12.2 Å². The Morgan fingerprint density at radius 3 is 2.72 bits per heavy atom. The minimum absolute atomic E-state index is 0.0543. The van der Waals surface area contributed by atoms with E-state index in [1.807, 2.05) is 67.0 Å². The van der Waals surface area contributed by atoms with Crippen molar-refractivity contribution in [1.82, 2.24) is 15.5 Å². The maximum Gasteiger partial charge on any atom is 0.238 e. The maximum absolute atomic E-state index is 11.9. The number of thiophene rings is 1. The van der Waals surface area contributed by atoms with Gasteiger partial charge in [0.2, 0.25) is 5.91 Å². The number of hydrogen-bond acceptors (Lipinski definition) is 5. The second kappa shape index (κ2) is 10.9. The first-order valence-electron chi connectivity index (χ1n) is 9.61. The molecule has 0 saturated heterocycles. The Labute approximate surface area is 176 Å². The zero-order chi connectivity index (χ0) is 21.3. The van der Waals surface area contributed by atoms with Crippen LogP contribution >= 0.6 is 11.3 Å². The van der Waals surface area contributed by atoms with Crippen molar-refractivity contribution in [2.75, 3.05) is 39.0 Å². The molecule has 0 saturated carbocycles. The number of anilines is 1. The molecule has 0 bridgehead atoms. The third kappa shape index (κ3) is 7.84. The monoisotopic (exact) mass is 417 g/mol. The Balaban J connectivity index is 1.99. The summed E-state index contributed by atoms with van der Waals surface area (Å²) >= 11 is 1.56. The topological polar surface area (TPSA) is 89.0 Å². The Kier molecular flexibility index (Phi) is 8.63. The molecule has 0 aliphatic heterocycles. The lowest BCUT2D eigenvalue weighted by Gasteiger charge is -2.24. The van der Waals surface area contributed by atoms with Crippen LogP contribution in [0.3, 0.4) is 0 Å². The van der Waals surface area contributed by atoms with Crippen molar-refractivity contribution in [3.8, 4) is 0 Å². The Morgan fingerprint density at radius 1 is 1.28 bits per heavy atom. The minimum atomic E-state index is -0.979. The first kappa shape index (κ1) is 22.9. The molecule has 2 aromatic rings. The number of rotatable bonds is 9. The molecule has 0 aliphatic carbocycles. The summed E-state index contributed by atoms with van der Waals surface area (Å²) < 4.78 is 0. The van der Waals surface area contributed by atoms with E-state index in [1.165, 1.54) is 0 Å². The van der Waals surface area contributed by atoms with Crippen LogP contribution in [0.2, 0.25) is 0 Å². The molecule has 0 fully saturated rings. The fourth-order valence-electron chi connectivity index (χ4n) is 2.68. The number of amides is 1. The average molecular weight is 418 g/mol. The van der Waals surface area contributed by atoms with Crippen LogP contribution in [0.25, 0.3) is 0 Å².